The molecule has 0 radical (unpaired) electrons. The van der Waals surface area contributed by atoms with Crippen molar-refractivity contribution in [2.75, 3.05) is 0 Å². The number of alkyl halides is 2. The topological polar surface area (TPSA) is 114 Å². The lowest BCUT2D eigenvalue weighted by atomic mass is 9.97. The number of rotatable bonds is 10. The monoisotopic (exact) mass is 486 g/mol. The average molecular weight is 487 g/mol. The Morgan fingerprint density at radius 1 is 1.26 bits per heavy atom. The van der Waals surface area contributed by atoms with E-state index in [-0.39, 0.29) is 23.7 Å². The summed E-state index contributed by atoms with van der Waals surface area (Å²) >= 11 is 6.28. The molecule has 0 aliphatic heterocycles. The number of nitrogens with zero attached hydrogens (tertiary/aromatic N) is 1. The maximum absolute atomic E-state index is 13.2. The summed E-state index contributed by atoms with van der Waals surface area (Å²) in [5.41, 5.74) is 7.05. The van der Waals surface area contributed by atoms with Gasteiger partial charge in [0.25, 0.3) is 5.91 Å². The second-order valence-electron chi connectivity index (χ2n) is 7.59. The smallest absolute Gasteiger partial charge is 0.331 e. The standard InChI is InChI=1S/C24H21ClF2N4O3/c25-19-8-16(17(10-28)12-30-23(26)27)7-18(9-19)24(5-6-24)31-22(34)21-4-2-1-3-15(21)11-29-20(13-32)14-33/h1-4,7-10,12-13,23,29H,5-6,11,28H2,(H,31,34)/b17-10+,30-12+. The van der Waals surface area contributed by atoms with Gasteiger partial charge < -0.3 is 16.4 Å². The maximum Gasteiger partial charge on any atom is 0.331 e. The van der Waals surface area contributed by atoms with Crippen LogP contribution in [0.5, 0.6) is 0 Å². The van der Waals surface area contributed by atoms with Gasteiger partial charge in [-0.25, -0.2) is 9.79 Å². The molecule has 0 aromatic heterocycles. The first-order valence-corrected chi connectivity index (χ1v) is 10.6. The van der Waals surface area contributed by atoms with E-state index in [0.29, 0.717) is 46.4 Å². The van der Waals surface area contributed by atoms with Crippen LogP contribution in [0.2, 0.25) is 5.02 Å². The molecule has 34 heavy (non-hydrogen) atoms. The number of nitrogens with one attached hydrogen (secondary N) is 2. The molecule has 0 heterocycles. The van der Waals surface area contributed by atoms with Crippen molar-refractivity contribution < 1.29 is 23.2 Å². The molecule has 2 aromatic carbocycles. The van der Waals surface area contributed by atoms with Gasteiger partial charge in [-0.1, -0.05) is 29.8 Å². The zero-order valence-electron chi connectivity index (χ0n) is 17.9. The molecule has 0 spiro atoms. The summed E-state index contributed by atoms with van der Waals surface area (Å²) in [6, 6.07) is 11.8. The summed E-state index contributed by atoms with van der Waals surface area (Å²) in [6.45, 7) is -2.79. The SMILES string of the molecule is N/C=C(\C=N\C(F)F)c1cc(Cl)cc(C2(NC(=O)c3ccccc3CNC(=C=O)C=O)CC2)c1. The van der Waals surface area contributed by atoms with Crippen LogP contribution in [-0.2, 0) is 21.7 Å². The zero-order valence-corrected chi connectivity index (χ0v) is 18.6. The lowest BCUT2D eigenvalue weighted by Gasteiger charge is -2.21. The van der Waals surface area contributed by atoms with Crippen LogP contribution in [-0.4, -0.2) is 30.9 Å². The van der Waals surface area contributed by atoms with Gasteiger partial charge in [-0.3, -0.25) is 9.59 Å². The molecule has 4 N–H and O–H groups in total. The number of amides is 1. The van der Waals surface area contributed by atoms with Crippen LogP contribution in [0.1, 0.15) is 39.9 Å². The van der Waals surface area contributed by atoms with Crippen molar-refractivity contribution in [2.24, 2.45) is 10.7 Å². The molecule has 10 heteroatoms. The fourth-order valence-electron chi connectivity index (χ4n) is 3.47. The number of hydrogen-bond donors (Lipinski definition) is 3. The molecule has 2 aromatic rings. The normalized spacial score (nSPS) is 14.5. The lowest BCUT2D eigenvalue weighted by Crippen LogP contribution is -2.35. The molecular weight excluding hydrogens is 466 g/mol. The highest BCUT2D eigenvalue weighted by molar-refractivity contribution is 6.31. The van der Waals surface area contributed by atoms with Crippen LogP contribution in [0.4, 0.5) is 8.78 Å². The number of aliphatic imine (C=N–C) groups is 1. The molecule has 0 atom stereocenters. The second kappa shape index (κ2) is 10.9. The van der Waals surface area contributed by atoms with E-state index < -0.39 is 12.1 Å². The summed E-state index contributed by atoms with van der Waals surface area (Å²) in [4.78, 5) is 37.8. The minimum atomic E-state index is -2.87. The van der Waals surface area contributed by atoms with E-state index in [1.807, 2.05) is 0 Å². The molecule has 1 amide bonds. The van der Waals surface area contributed by atoms with Crippen molar-refractivity contribution in [2.45, 2.75) is 31.5 Å². The van der Waals surface area contributed by atoms with Gasteiger partial charge in [0.05, 0.1) is 5.54 Å². The molecule has 1 fully saturated rings. The van der Waals surface area contributed by atoms with Gasteiger partial charge in [-0.2, -0.15) is 8.78 Å². The Bertz CT molecular complexity index is 1200. The van der Waals surface area contributed by atoms with Gasteiger partial charge in [0.1, 0.15) is 0 Å². The van der Waals surface area contributed by atoms with Crippen molar-refractivity contribution in [1.29, 1.82) is 0 Å². The highest BCUT2D eigenvalue weighted by atomic mass is 35.5. The first-order chi connectivity index (χ1) is 16.3. The lowest BCUT2D eigenvalue weighted by molar-refractivity contribution is -0.105. The van der Waals surface area contributed by atoms with Gasteiger partial charge in [-0.15, -0.1) is 0 Å². The summed E-state index contributed by atoms with van der Waals surface area (Å²) < 4.78 is 25.0. The van der Waals surface area contributed by atoms with E-state index in [1.54, 1.807) is 42.5 Å². The molecule has 0 unspecified atom stereocenters. The predicted molar refractivity (Wildman–Crippen MR) is 125 cm³/mol. The van der Waals surface area contributed by atoms with E-state index in [1.165, 1.54) is 5.94 Å². The molecule has 0 saturated heterocycles. The number of nitrogens with two attached hydrogens (primary N) is 1. The van der Waals surface area contributed by atoms with Crippen molar-refractivity contribution in [3.05, 3.63) is 81.6 Å². The summed E-state index contributed by atoms with van der Waals surface area (Å²) in [5.74, 6) is 1.14. The van der Waals surface area contributed by atoms with Crippen LogP contribution in [0.15, 0.2) is 59.4 Å². The molecule has 3 rings (SSSR count). The number of benzene rings is 2. The summed E-state index contributed by atoms with van der Waals surface area (Å²) in [5, 5.41) is 6.02. The summed E-state index contributed by atoms with van der Waals surface area (Å²) in [7, 11) is 0. The fourth-order valence-corrected chi connectivity index (χ4v) is 3.70. The van der Waals surface area contributed by atoms with Crippen molar-refractivity contribution >= 4 is 41.5 Å². The minimum absolute atomic E-state index is 0.0787. The highest BCUT2D eigenvalue weighted by Gasteiger charge is 2.46. The number of carbonyl (C=O) groups excluding carboxylic acids is 3. The number of halogens is 3. The highest BCUT2D eigenvalue weighted by Crippen LogP contribution is 2.47. The Labute approximate surface area is 199 Å². The fraction of sp³-hybridized carbons (Fsp3) is 0.208. The van der Waals surface area contributed by atoms with E-state index in [4.69, 9.17) is 17.3 Å². The molecule has 1 aliphatic carbocycles. The number of allylic oxidation sites excluding steroid dienone is 2. The van der Waals surface area contributed by atoms with Crippen molar-refractivity contribution in [1.82, 2.24) is 10.6 Å². The molecule has 176 valence electrons. The largest absolute Gasteiger partial charge is 0.404 e. The second-order valence-corrected chi connectivity index (χ2v) is 8.02. The molecule has 0 bridgehead atoms. The number of carbonyl (C=O) groups is 2. The van der Waals surface area contributed by atoms with Gasteiger partial charge in [0, 0.05) is 35.1 Å². The van der Waals surface area contributed by atoms with Crippen molar-refractivity contribution in [3.63, 3.8) is 0 Å². The summed E-state index contributed by atoms with van der Waals surface area (Å²) in [6.07, 6.45) is 3.78. The third-order valence-electron chi connectivity index (χ3n) is 5.35. The van der Waals surface area contributed by atoms with Crippen LogP contribution in [0, 0.1) is 0 Å². The van der Waals surface area contributed by atoms with Gasteiger partial charge in [0.15, 0.2) is 17.9 Å². The predicted octanol–water partition coefficient (Wildman–Crippen LogP) is 3.36. The van der Waals surface area contributed by atoms with Crippen LogP contribution >= 0.6 is 11.6 Å². The number of aldehydes is 1. The average Bonchev–Trinajstić information content (AvgIpc) is 3.60. The van der Waals surface area contributed by atoms with Gasteiger partial charge in [-0.05, 0) is 53.8 Å². The maximum atomic E-state index is 13.2. The Balaban J connectivity index is 1.85. The number of hydrogen-bond acceptors (Lipinski definition) is 6. The van der Waals surface area contributed by atoms with Crippen LogP contribution in [0.3, 0.4) is 0 Å². The van der Waals surface area contributed by atoms with E-state index in [0.717, 1.165) is 12.4 Å². The first-order valence-electron chi connectivity index (χ1n) is 10.2. The molecular formula is C24H21ClF2N4O3. The molecule has 1 aliphatic rings. The van der Waals surface area contributed by atoms with E-state index in [2.05, 4.69) is 15.6 Å². The van der Waals surface area contributed by atoms with Gasteiger partial charge >= 0.3 is 6.55 Å². The van der Waals surface area contributed by atoms with E-state index >= 15 is 0 Å². The first kappa shape index (κ1) is 24.8. The van der Waals surface area contributed by atoms with Crippen LogP contribution in [0.25, 0.3) is 5.57 Å². The third kappa shape index (κ3) is 5.95. The quantitative estimate of drug-likeness (QED) is 0.157. The molecule has 7 nitrogen and oxygen atoms in total. The third-order valence-corrected chi connectivity index (χ3v) is 5.57. The van der Waals surface area contributed by atoms with Crippen LogP contribution < -0.4 is 16.4 Å². The molecule has 1 saturated carbocycles. The Hall–Kier alpha value is -3.81. The Morgan fingerprint density at radius 3 is 2.62 bits per heavy atom. The van der Waals surface area contributed by atoms with Crippen molar-refractivity contribution in [3.8, 4) is 0 Å². The Kier molecular flexibility index (Phi) is 7.94. The van der Waals surface area contributed by atoms with E-state index in [9.17, 15) is 23.2 Å². The zero-order chi connectivity index (χ0) is 24.7. The Morgan fingerprint density at radius 2 is 2.00 bits per heavy atom. The van der Waals surface area contributed by atoms with Gasteiger partial charge in [0.2, 0.25) is 0 Å². The minimum Gasteiger partial charge on any atom is -0.404 e.